The van der Waals surface area contributed by atoms with Gasteiger partial charge in [0.05, 0.1) is 6.61 Å². The minimum atomic E-state index is -0.917. The number of ether oxygens (including phenoxy) is 4. The Morgan fingerprint density at radius 2 is 2.12 bits per heavy atom. The van der Waals surface area contributed by atoms with E-state index in [2.05, 4.69) is 0 Å². The van der Waals surface area contributed by atoms with Gasteiger partial charge < -0.3 is 29.3 Å². The first kappa shape index (κ1) is 12.2. The zero-order chi connectivity index (χ0) is 11.7. The summed E-state index contributed by atoms with van der Waals surface area (Å²) in [4.78, 5) is 0. The zero-order valence-corrected chi connectivity index (χ0v) is 9.20. The van der Waals surface area contributed by atoms with Crippen LogP contribution in [0.3, 0.4) is 0 Å². The Bertz CT molecular complexity index is 240. The lowest BCUT2D eigenvalue weighted by molar-refractivity contribution is -0.340. The molecule has 2 fully saturated rings. The smallest absolute Gasteiger partial charge is 0.177 e. The molecule has 0 aromatic heterocycles. The fourth-order valence-corrected chi connectivity index (χ4v) is 2.05. The van der Waals surface area contributed by atoms with Crippen molar-refractivity contribution in [1.29, 1.82) is 0 Å². The fourth-order valence-electron chi connectivity index (χ4n) is 2.05. The average molecular weight is 235 g/mol. The Balaban J connectivity index is 2.10. The summed E-state index contributed by atoms with van der Waals surface area (Å²) < 4.78 is 21.2. The summed E-state index contributed by atoms with van der Waals surface area (Å²) >= 11 is 0. The zero-order valence-electron chi connectivity index (χ0n) is 9.20. The minimum absolute atomic E-state index is 0.334. The highest BCUT2D eigenvalue weighted by atomic mass is 16.7. The highest BCUT2D eigenvalue weighted by molar-refractivity contribution is 4.94. The van der Waals surface area contributed by atoms with Gasteiger partial charge in [-0.15, -0.1) is 0 Å². The number of hydrogen-bond donors (Lipinski definition) is 3. The third-order valence-corrected chi connectivity index (χ3v) is 2.90. The third kappa shape index (κ3) is 2.07. The van der Waals surface area contributed by atoms with Gasteiger partial charge in [-0.1, -0.05) is 0 Å². The van der Waals surface area contributed by atoms with E-state index in [-0.39, 0.29) is 6.10 Å². The topological polar surface area (TPSA) is 89.4 Å². The molecule has 7 nitrogen and oxygen atoms in total. The molecule has 0 aromatic carbocycles. The lowest BCUT2D eigenvalue weighted by Gasteiger charge is -2.46. The molecule has 2 heterocycles. The average Bonchev–Trinajstić information content (AvgIpc) is 2.29. The molecule has 0 spiro atoms. The molecule has 4 unspecified atom stereocenters. The van der Waals surface area contributed by atoms with E-state index < -0.39 is 30.8 Å². The quantitative estimate of drug-likeness (QED) is 0.519. The van der Waals surface area contributed by atoms with E-state index in [0.717, 1.165) is 0 Å². The Kier molecular flexibility index (Phi) is 3.75. The maximum atomic E-state index is 10.0. The first-order chi connectivity index (χ1) is 7.67. The number of hydroxylamine groups is 1. The second kappa shape index (κ2) is 4.92. The molecule has 2 aliphatic rings. The highest BCUT2D eigenvalue weighted by Crippen LogP contribution is 2.28. The van der Waals surface area contributed by atoms with Crippen LogP contribution in [0.2, 0.25) is 0 Å². The van der Waals surface area contributed by atoms with Crippen molar-refractivity contribution >= 4 is 0 Å². The van der Waals surface area contributed by atoms with Gasteiger partial charge in [0.25, 0.3) is 0 Å². The third-order valence-electron chi connectivity index (χ3n) is 2.90. The fraction of sp³-hybridized carbons (Fsp3) is 1.00. The van der Waals surface area contributed by atoms with E-state index in [1.807, 2.05) is 5.48 Å². The Morgan fingerprint density at radius 3 is 2.75 bits per heavy atom. The van der Waals surface area contributed by atoms with Gasteiger partial charge in [-0.25, -0.2) is 0 Å². The standard InChI is InChI=1S/C9H17NO6/c1-4-14-3-5-8(15-4)7(11)6(10-12)9(13-2)16-5/h4-12H,3H2,1-2H3/t4?,5?,6?,7?,8-,9+/m1/s1. The summed E-state index contributed by atoms with van der Waals surface area (Å²) in [6, 6.07) is -0.739. The molecule has 0 amide bonds. The predicted octanol–water partition coefficient (Wildman–Crippen LogP) is -1.17. The molecule has 2 aliphatic heterocycles. The highest BCUT2D eigenvalue weighted by Gasteiger charge is 2.48. The SMILES string of the molecule is CO[C@H]1OC2COC(C)O[C@H]2C(O)C1NO. The number of hydrogen-bond acceptors (Lipinski definition) is 7. The molecule has 3 N–H and O–H groups in total. The maximum absolute atomic E-state index is 10.0. The molecular weight excluding hydrogens is 218 g/mol. The first-order valence-electron chi connectivity index (χ1n) is 5.20. The van der Waals surface area contributed by atoms with Gasteiger partial charge in [0.1, 0.15) is 24.4 Å². The maximum Gasteiger partial charge on any atom is 0.177 e. The van der Waals surface area contributed by atoms with Crippen LogP contribution < -0.4 is 5.48 Å². The lowest BCUT2D eigenvalue weighted by atomic mass is 9.97. The van der Waals surface area contributed by atoms with Gasteiger partial charge in [-0.2, -0.15) is 5.48 Å². The molecule has 0 aromatic rings. The van der Waals surface area contributed by atoms with Gasteiger partial charge in [-0.3, -0.25) is 0 Å². The van der Waals surface area contributed by atoms with Crippen LogP contribution in [-0.4, -0.2) is 61.0 Å². The predicted molar refractivity (Wildman–Crippen MR) is 50.7 cm³/mol. The molecule has 0 saturated carbocycles. The van der Waals surface area contributed by atoms with E-state index in [1.54, 1.807) is 6.92 Å². The number of nitrogens with one attached hydrogen (secondary N) is 1. The van der Waals surface area contributed by atoms with Gasteiger partial charge in [0.2, 0.25) is 0 Å². The van der Waals surface area contributed by atoms with Crippen LogP contribution in [0.25, 0.3) is 0 Å². The van der Waals surface area contributed by atoms with Crippen LogP contribution in [0.15, 0.2) is 0 Å². The molecule has 7 heteroatoms. The van der Waals surface area contributed by atoms with Gasteiger partial charge in [0, 0.05) is 7.11 Å². The van der Waals surface area contributed by atoms with Crippen molar-refractivity contribution < 1.29 is 29.3 Å². The molecular formula is C9H17NO6. The van der Waals surface area contributed by atoms with E-state index in [0.29, 0.717) is 6.61 Å². The summed E-state index contributed by atoms with van der Waals surface area (Å²) in [5.74, 6) is 0. The van der Waals surface area contributed by atoms with Crippen LogP contribution in [0.5, 0.6) is 0 Å². The Morgan fingerprint density at radius 1 is 1.38 bits per heavy atom. The second-order valence-corrected chi connectivity index (χ2v) is 3.93. The molecule has 94 valence electrons. The van der Waals surface area contributed by atoms with Gasteiger partial charge in [-0.05, 0) is 6.92 Å². The summed E-state index contributed by atoms with van der Waals surface area (Å²) in [5, 5.41) is 19.0. The summed E-state index contributed by atoms with van der Waals surface area (Å²) in [7, 11) is 1.44. The van der Waals surface area contributed by atoms with Crippen molar-refractivity contribution in [1.82, 2.24) is 5.48 Å². The number of rotatable bonds is 2. The van der Waals surface area contributed by atoms with Gasteiger partial charge in [0.15, 0.2) is 12.6 Å². The Hall–Kier alpha value is -0.280. The van der Waals surface area contributed by atoms with Crippen molar-refractivity contribution in [3.63, 3.8) is 0 Å². The molecule has 16 heavy (non-hydrogen) atoms. The number of aliphatic hydroxyl groups excluding tert-OH is 1. The lowest BCUT2D eigenvalue weighted by Crippen LogP contribution is -2.66. The minimum Gasteiger partial charge on any atom is -0.388 e. The van der Waals surface area contributed by atoms with Crippen molar-refractivity contribution in [2.24, 2.45) is 0 Å². The second-order valence-electron chi connectivity index (χ2n) is 3.93. The van der Waals surface area contributed by atoms with Crippen LogP contribution in [0, 0.1) is 0 Å². The Labute approximate surface area is 93.2 Å². The van der Waals surface area contributed by atoms with E-state index in [9.17, 15) is 5.11 Å². The normalized spacial score (nSPS) is 48.8. The number of fused-ring (bicyclic) bond motifs is 1. The first-order valence-corrected chi connectivity index (χ1v) is 5.20. The van der Waals surface area contributed by atoms with E-state index in [4.69, 9.17) is 24.2 Å². The molecule has 2 saturated heterocycles. The largest absolute Gasteiger partial charge is 0.388 e. The summed E-state index contributed by atoms with van der Waals surface area (Å²) in [6.07, 6.45) is -2.96. The summed E-state index contributed by atoms with van der Waals surface area (Å²) in [5.41, 5.74) is 1.98. The van der Waals surface area contributed by atoms with Crippen LogP contribution in [0.4, 0.5) is 0 Å². The van der Waals surface area contributed by atoms with Crippen LogP contribution in [0.1, 0.15) is 6.92 Å². The monoisotopic (exact) mass is 235 g/mol. The number of methoxy groups -OCH3 is 1. The van der Waals surface area contributed by atoms with Crippen molar-refractivity contribution in [3.8, 4) is 0 Å². The molecule has 0 radical (unpaired) electrons. The van der Waals surface area contributed by atoms with E-state index >= 15 is 0 Å². The van der Waals surface area contributed by atoms with Crippen LogP contribution >= 0.6 is 0 Å². The van der Waals surface area contributed by atoms with Crippen molar-refractivity contribution in [2.45, 2.75) is 43.9 Å². The number of aliphatic hydroxyl groups is 1. The van der Waals surface area contributed by atoms with E-state index in [1.165, 1.54) is 7.11 Å². The summed E-state index contributed by atoms with van der Waals surface area (Å²) in [6.45, 7) is 2.08. The van der Waals surface area contributed by atoms with Crippen LogP contribution in [-0.2, 0) is 18.9 Å². The van der Waals surface area contributed by atoms with Gasteiger partial charge >= 0.3 is 0 Å². The molecule has 6 atom stereocenters. The molecule has 2 rings (SSSR count). The molecule has 0 aliphatic carbocycles. The molecule has 0 bridgehead atoms. The van der Waals surface area contributed by atoms with Crippen molar-refractivity contribution in [2.75, 3.05) is 13.7 Å². The van der Waals surface area contributed by atoms with Crippen molar-refractivity contribution in [3.05, 3.63) is 0 Å².